The lowest BCUT2D eigenvalue weighted by Gasteiger charge is -2.34. The zero-order valence-corrected chi connectivity index (χ0v) is 13.2. The van der Waals surface area contributed by atoms with Crippen molar-refractivity contribution in [2.75, 3.05) is 46.5 Å². The van der Waals surface area contributed by atoms with Gasteiger partial charge in [0.05, 0.1) is 12.7 Å². The Kier molecular flexibility index (Phi) is 5.36. The molecule has 0 aromatic heterocycles. The fourth-order valence-electron chi connectivity index (χ4n) is 3.10. The molecule has 0 bridgehead atoms. The Bertz CT molecular complexity index is 343. The SMILES string of the molecule is CN=C(NCC1CCOC1)N1CCC(OCC2CC2)CC1. The van der Waals surface area contributed by atoms with Gasteiger partial charge in [0.25, 0.3) is 0 Å². The zero-order valence-electron chi connectivity index (χ0n) is 13.2. The molecule has 1 saturated carbocycles. The minimum Gasteiger partial charge on any atom is -0.381 e. The monoisotopic (exact) mass is 295 g/mol. The first-order valence-electron chi connectivity index (χ1n) is 8.50. The maximum Gasteiger partial charge on any atom is 0.193 e. The summed E-state index contributed by atoms with van der Waals surface area (Å²) in [7, 11) is 1.88. The number of nitrogens with zero attached hydrogens (tertiary/aromatic N) is 2. The van der Waals surface area contributed by atoms with Crippen molar-refractivity contribution in [1.29, 1.82) is 0 Å². The Hall–Kier alpha value is -0.810. The highest BCUT2D eigenvalue weighted by Crippen LogP contribution is 2.30. The van der Waals surface area contributed by atoms with E-state index in [-0.39, 0.29) is 0 Å². The van der Waals surface area contributed by atoms with E-state index in [0.29, 0.717) is 12.0 Å². The summed E-state index contributed by atoms with van der Waals surface area (Å²) in [5.74, 6) is 2.55. The van der Waals surface area contributed by atoms with Gasteiger partial charge in [-0.2, -0.15) is 0 Å². The largest absolute Gasteiger partial charge is 0.381 e. The second-order valence-electron chi connectivity index (χ2n) is 6.62. The summed E-state index contributed by atoms with van der Waals surface area (Å²) in [5.41, 5.74) is 0. The van der Waals surface area contributed by atoms with E-state index in [0.717, 1.165) is 64.2 Å². The number of rotatable bonds is 5. The molecule has 3 fully saturated rings. The van der Waals surface area contributed by atoms with Gasteiger partial charge >= 0.3 is 0 Å². The van der Waals surface area contributed by atoms with Crippen LogP contribution in [0.25, 0.3) is 0 Å². The van der Waals surface area contributed by atoms with Crippen molar-refractivity contribution < 1.29 is 9.47 Å². The normalized spacial score (nSPS) is 28.1. The van der Waals surface area contributed by atoms with Crippen molar-refractivity contribution in [3.8, 4) is 0 Å². The van der Waals surface area contributed by atoms with E-state index in [1.807, 2.05) is 7.05 Å². The minimum atomic E-state index is 0.461. The number of hydrogen-bond donors (Lipinski definition) is 1. The van der Waals surface area contributed by atoms with Gasteiger partial charge in [0.15, 0.2) is 5.96 Å². The number of piperidine rings is 1. The van der Waals surface area contributed by atoms with Crippen LogP contribution in [0.4, 0.5) is 0 Å². The smallest absolute Gasteiger partial charge is 0.193 e. The summed E-state index contributed by atoms with van der Waals surface area (Å²) in [6, 6.07) is 0. The molecule has 0 amide bonds. The average molecular weight is 295 g/mol. The van der Waals surface area contributed by atoms with Gasteiger partial charge in [0.2, 0.25) is 0 Å². The predicted octanol–water partition coefficient (Wildman–Crippen LogP) is 1.49. The van der Waals surface area contributed by atoms with Crippen LogP contribution in [0.15, 0.2) is 4.99 Å². The van der Waals surface area contributed by atoms with Gasteiger partial charge in [-0.05, 0) is 38.0 Å². The fraction of sp³-hybridized carbons (Fsp3) is 0.938. The summed E-state index contributed by atoms with van der Waals surface area (Å²) in [6.45, 7) is 5.87. The molecule has 0 spiro atoms. The number of nitrogens with one attached hydrogen (secondary N) is 1. The lowest BCUT2D eigenvalue weighted by atomic mass is 10.1. The van der Waals surface area contributed by atoms with E-state index in [1.54, 1.807) is 0 Å². The van der Waals surface area contributed by atoms with Crippen molar-refractivity contribution in [1.82, 2.24) is 10.2 Å². The Morgan fingerprint density at radius 1 is 1.19 bits per heavy atom. The molecule has 1 unspecified atom stereocenters. The van der Waals surface area contributed by atoms with Crippen molar-refractivity contribution in [3.63, 3.8) is 0 Å². The molecule has 0 aromatic rings. The third-order valence-corrected chi connectivity index (χ3v) is 4.79. The fourth-order valence-corrected chi connectivity index (χ4v) is 3.10. The van der Waals surface area contributed by atoms with Crippen molar-refractivity contribution in [3.05, 3.63) is 0 Å². The first-order chi connectivity index (χ1) is 10.3. The topological polar surface area (TPSA) is 46.1 Å². The third-order valence-electron chi connectivity index (χ3n) is 4.79. The zero-order chi connectivity index (χ0) is 14.5. The van der Waals surface area contributed by atoms with E-state index in [4.69, 9.17) is 9.47 Å². The van der Waals surface area contributed by atoms with Crippen LogP contribution in [0.2, 0.25) is 0 Å². The number of guanidine groups is 1. The number of hydrogen-bond acceptors (Lipinski definition) is 3. The van der Waals surface area contributed by atoms with Crippen LogP contribution in [-0.2, 0) is 9.47 Å². The highest BCUT2D eigenvalue weighted by molar-refractivity contribution is 5.79. The maximum atomic E-state index is 6.01. The molecule has 0 aromatic carbocycles. The van der Waals surface area contributed by atoms with Crippen LogP contribution >= 0.6 is 0 Å². The second-order valence-corrected chi connectivity index (χ2v) is 6.62. The molecular formula is C16H29N3O2. The van der Waals surface area contributed by atoms with Crippen molar-refractivity contribution in [2.45, 2.75) is 38.2 Å². The first-order valence-corrected chi connectivity index (χ1v) is 8.50. The molecule has 5 heteroatoms. The van der Waals surface area contributed by atoms with E-state index in [9.17, 15) is 0 Å². The van der Waals surface area contributed by atoms with E-state index < -0.39 is 0 Å². The molecule has 2 heterocycles. The molecule has 5 nitrogen and oxygen atoms in total. The van der Waals surface area contributed by atoms with E-state index in [1.165, 1.54) is 19.3 Å². The van der Waals surface area contributed by atoms with Gasteiger partial charge in [0.1, 0.15) is 0 Å². The molecule has 21 heavy (non-hydrogen) atoms. The molecule has 1 atom stereocenters. The summed E-state index contributed by atoms with van der Waals surface area (Å²) < 4.78 is 11.4. The van der Waals surface area contributed by atoms with Crippen LogP contribution < -0.4 is 5.32 Å². The minimum absolute atomic E-state index is 0.461. The first kappa shape index (κ1) is 15.1. The van der Waals surface area contributed by atoms with E-state index in [2.05, 4.69) is 15.2 Å². The average Bonchev–Trinajstić information content (AvgIpc) is 3.21. The third kappa shape index (κ3) is 4.58. The number of likely N-dealkylation sites (tertiary alicyclic amines) is 1. The Morgan fingerprint density at radius 3 is 2.62 bits per heavy atom. The van der Waals surface area contributed by atoms with Gasteiger partial charge in [-0.3, -0.25) is 4.99 Å². The Morgan fingerprint density at radius 2 is 2.00 bits per heavy atom. The highest BCUT2D eigenvalue weighted by atomic mass is 16.5. The highest BCUT2D eigenvalue weighted by Gasteiger charge is 2.26. The van der Waals surface area contributed by atoms with Crippen molar-refractivity contribution >= 4 is 5.96 Å². The molecule has 0 radical (unpaired) electrons. The number of ether oxygens (including phenoxy) is 2. The molecule has 3 rings (SSSR count). The van der Waals surface area contributed by atoms with E-state index >= 15 is 0 Å². The van der Waals surface area contributed by atoms with Crippen molar-refractivity contribution in [2.24, 2.45) is 16.8 Å². The summed E-state index contributed by atoms with van der Waals surface area (Å²) in [4.78, 5) is 6.80. The second kappa shape index (κ2) is 7.45. The Labute approximate surface area is 128 Å². The van der Waals surface area contributed by atoms with Crippen LogP contribution in [0.3, 0.4) is 0 Å². The molecular weight excluding hydrogens is 266 g/mol. The van der Waals surface area contributed by atoms with Crippen LogP contribution in [-0.4, -0.2) is 63.5 Å². The summed E-state index contributed by atoms with van der Waals surface area (Å²) in [6.07, 6.45) is 6.63. The maximum absolute atomic E-state index is 6.01. The quantitative estimate of drug-likeness (QED) is 0.616. The summed E-state index contributed by atoms with van der Waals surface area (Å²) >= 11 is 0. The standard InChI is InChI=1S/C16H29N3O2/c1-17-16(18-10-14-6-9-20-11-14)19-7-4-15(5-8-19)21-12-13-2-3-13/h13-15H,2-12H2,1H3,(H,17,18). The molecule has 1 N–H and O–H groups in total. The van der Waals surface area contributed by atoms with Gasteiger partial charge < -0.3 is 19.7 Å². The summed E-state index contributed by atoms with van der Waals surface area (Å²) in [5, 5.41) is 3.51. The van der Waals surface area contributed by atoms with Crippen LogP contribution in [0.1, 0.15) is 32.1 Å². The van der Waals surface area contributed by atoms with Gasteiger partial charge in [-0.25, -0.2) is 0 Å². The van der Waals surface area contributed by atoms with Crippen LogP contribution in [0.5, 0.6) is 0 Å². The van der Waals surface area contributed by atoms with Gasteiger partial charge in [0, 0.05) is 45.8 Å². The molecule has 2 saturated heterocycles. The molecule has 3 aliphatic rings. The van der Waals surface area contributed by atoms with Gasteiger partial charge in [-0.15, -0.1) is 0 Å². The predicted molar refractivity (Wildman–Crippen MR) is 83.6 cm³/mol. The molecule has 2 aliphatic heterocycles. The lowest BCUT2D eigenvalue weighted by Crippen LogP contribution is -2.48. The van der Waals surface area contributed by atoms with Gasteiger partial charge in [-0.1, -0.05) is 0 Å². The Balaban J connectivity index is 1.36. The molecule has 120 valence electrons. The number of aliphatic imine (C=N–C) groups is 1. The van der Waals surface area contributed by atoms with Crippen LogP contribution in [0, 0.1) is 11.8 Å². The lowest BCUT2D eigenvalue weighted by molar-refractivity contribution is 0.0131. The molecule has 1 aliphatic carbocycles.